The fourth-order valence-electron chi connectivity index (χ4n) is 3.16. The van der Waals surface area contributed by atoms with Gasteiger partial charge in [-0.05, 0) is 54.7 Å². The minimum Gasteiger partial charge on any atom is -0.494 e. The smallest absolute Gasteiger partial charge is 0.287 e. The first kappa shape index (κ1) is 23.0. The molecule has 3 rings (SSSR count). The van der Waals surface area contributed by atoms with E-state index in [0.29, 0.717) is 24.7 Å². The molecule has 0 atom stereocenters. The van der Waals surface area contributed by atoms with Crippen molar-refractivity contribution in [1.29, 1.82) is 0 Å². The summed E-state index contributed by atoms with van der Waals surface area (Å²) in [5, 5.41) is 2.91. The monoisotopic (exact) mass is 437 g/mol. The van der Waals surface area contributed by atoms with Crippen LogP contribution in [0, 0.1) is 6.92 Å². The summed E-state index contributed by atoms with van der Waals surface area (Å²) in [5.74, 6) is 2.34. The van der Waals surface area contributed by atoms with Gasteiger partial charge in [0.1, 0.15) is 11.5 Å². The molecule has 0 bridgehead atoms. The number of hydrogen-bond donors (Lipinski definition) is 1. The number of hydrogen-bond acceptors (Lipinski definition) is 4. The molecule has 2 aromatic carbocycles. The van der Waals surface area contributed by atoms with Gasteiger partial charge in [-0.25, -0.2) is 0 Å². The predicted octanol–water partition coefficient (Wildman–Crippen LogP) is 6.51. The molecule has 0 aliphatic carbocycles. The van der Waals surface area contributed by atoms with Gasteiger partial charge in [-0.2, -0.15) is 0 Å². The van der Waals surface area contributed by atoms with Crippen molar-refractivity contribution in [3.05, 3.63) is 82.8 Å². The molecule has 4 nitrogen and oxygen atoms in total. The molecule has 164 valence electrons. The molecule has 0 saturated heterocycles. The Kier molecular flexibility index (Phi) is 7.50. The Labute approximate surface area is 189 Å². The number of furan rings is 1. The first-order valence-corrected chi connectivity index (χ1v) is 11.6. The summed E-state index contributed by atoms with van der Waals surface area (Å²) in [4.78, 5) is 13.8. The maximum absolute atomic E-state index is 12.5. The molecular weight excluding hydrogens is 406 g/mol. The lowest BCUT2D eigenvalue weighted by atomic mass is 9.87. The molecule has 0 saturated carbocycles. The highest BCUT2D eigenvalue weighted by Gasteiger charge is 2.16. The van der Waals surface area contributed by atoms with Crippen LogP contribution < -0.4 is 10.1 Å². The van der Waals surface area contributed by atoms with E-state index in [4.69, 9.17) is 9.15 Å². The summed E-state index contributed by atoms with van der Waals surface area (Å²) in [6, 6.07) is 17.9. The predicted molar refractivity (Wildman–Crippen MR) is 127 cm³/mol. The van der Waals surface area contributed by atoms with Crippen LogP contribution in [-0.4, -0.2) is 12.5 Å². The standard InChI is InChI=1S/C26H31NO3S/c1-6-29-22-10-8-7-9-19(22)16-27-25(28)23-14-13-21(30-23)17-31-24-15-20(26(3,4)5)12-11-18(24)2/h7-15H,6,16-17H2,1-5H3,(H,27,28). The number of ether oxygens (including phenoxy) is 1. The van der Waals surface area contributed by atoms with Gasteiger partial charge in [0.2, 0.25) is 0 Å². The van der Waals surface area contributed by atoms with Gasteiger partial charge in [0.15, 0.2) is 5.76 Å². The van der Waals surface area contributed by atoms with Gasteiger partial charge < -0.3 is 14.5 Å². The van der Waals surface area contributed by atoms with Crippen molar-refractivity contribution in [2.24, 2.45) is 0 Å². The normalized spacial score (nSPS) is 11.4. The van der Waals surface area contributed by atoms with Gasteiger partial charge in [-0.1, -0.05) is 51.1 Å². The van der Waals surface area contributed by atoms with Crippen LogP contribution in [0.5, 0.6) is 5.75 Å². The molecule has 31 heavy (non-hydrogen) atoms. The molecule has 0 unspecified atom stereocenters. The van der Waals surface area contributed by atoms with Crippen molar-refractivity contribution in [1.82, 2.24) is 5.32 Å². The largest absolute Gasteiger partial charge is 0.494 e. The summed E-state index contributed by atoms with van der Waals surface area (Å²) in [6.07, 6.45) is 0. The van der Waals surface area contributed by atoms with E-state index in [-0.39, 0.29) is 11.3 Å². The molecule has 0 aliphatic heterocycles. The topological polar surface area (TPSA) is 51.5 Å². The van der Waals surface area contributed by atoms with Gasteiger partial charge in [-0.15, -0.1) is 11.8 Å². The second-order valence-electron chi connectivity index (χ2n) is 8.51. The lowest BCUT2D eigenvalue weighted by molar-refractivity contribution is 0.0921. The third-order valence-electron chi connectivity index (χ3n) is 5.02. The van der Waals surface area contributed by atoms with E-state index >= 15 is 0 Å². The Balaban J connectivity index is 1.60. The molecule has 0 aliphatic rings. The van der Waals surface area contributed by atoms with Crippen LogP contribution in [0.3, 0.4) is 0 Å². The van der Waals surface area contributed by atoms with Crippen molar-refractivity contribution >= 4 is 17.7 Å². The minimum atomic E-state index is -0.228. The van der Waals surface area contributed by atoms with Crippen molar-refractivity contribution in [3.8, 4) is 5.75 Å². The van der Waals surface area contributed by atoms with E-state index < -0.39 is 0 Å². The van der Waals surface area contributed by atoms with Crippen LogP contribution in [0.1, 0.15) is 60.7 Å². The number of benzene rings is 2. The Morgan fingerprint density at radius 2 is 1.87 bits per heavy atom. The highest BCUT2D eigenvalue weighted by atomic mass is 32.2. The number of carbonyl (C=O) groups is 1. The first-order valence-electron chi connectivity index (χ1n) is 10.6. The number of nitrogens with one attached hydrogen (secondary N) is 1. The quantitative estimate of drug-likeness (QED) is 0.408. The first-order chi connectivity index (χ1) is 14.8. The zero-order valence-electron chi connectivity index (χ0n) is 19.0. The molecule has 0 radical (unpaired) electrons. The molecule has 5 heteroatoms. The number of aryl methyl sites for hydroxylation is 1. The van der Waals surface area contributed by atoms with Gasteiger partial charge in [0.05, 0.1) is 12.4 Å². The fourth-order valence-corrected chi connectivity index (χ4v) is 4.12. The Bertz CT molecular complexity index is 1030. The van der Waals surface area contributed by atoms with Crippen molar-refractivity contribution in [3.63, 3.8) is 0 Å². The number of rotatable bonds is 8. The van der Waals surface area contributed by atoms with E-state index in [2.05, 4.69) is 51.2 Å². The maximum atomic E-state index is 12.5. The van der Waals surface area contributed by atoms with E-state index in [1.165, 1.54) is 16.0 Å². The van der Waals surface area contributed by atoms with Gasteiger partial charge >= 0.3 is 0 Å². The lowest BCUT2D eigenvalue weighted by Gasteiger charge is -2.20. The number of carbonyl (C=O) groups excluding carboxylic acids is 1. The van der Waals surface area contributed by atoms with E-state index in [1.807, 2.05) is 37.3 Å². The van der Waals surface area contributed by atoms with Gasteiger partial charge in [-0.3, -0.25) is 4.79 Å². The van der Waals surface area contributed by atoms with Crippen LogP contribution in [0.4, 0.5) is 0 Å². The molecule has 3 aromatic rings. The highest BCUT2D eigenvalue weighted by molar-refractivity contribution is 7.98. The van der Waals surface area contributed by atoms with Crippen molar-refractivity contribution in [2.45, 2.75) is 57.2 Å². The number of amides is 1. The van der Waals surface area contributed by atoms with Crippen molar-refractivity contribution in [2.75, 3.05) is 6.61 Å². The second kappa shape index (κ2) is 10.1. The maximum Gasteiger partial charge on any atom is 0.287 e. The third-order valence-corrected chi connectivity index (χ3v) is 6.20. The van der Waals surface area contributed by atoms with Crippen LogP contribution in [0.15, 0.2) is 63.9 Å². The minimum absolute atomic E-state index is 0.111. The van der Waals surface area contributed by atoms with Crippen LogP contribution in [0.2, 0.25) is 0 Å². The number of para-hydroxylation sites is 1. The molecule has 1 N–H and O–H groups in total. The third kappa shape index (κ3) is 6.17. The van der Waals surface area contributed by atoms with Gasteiger partial charge in [0, 0.05) is 17.0 Å². The van der Waals surface area contributed by atoms with Crippen LogP contribution >= 0.6 is 11.8 Å². The molecule has 1 heterocycles. The summed E-state index contributed by atoms with van der Waals surface area (Å²) in [5.41, 5.74) is 3.61. The molecule has 0 fully saturated rings. The molecule has 1 amide bonds. The SMILES string of the molecule is CCOc1ccccc1CNC(=O)c1ccc(CSc2cc(C(C)(C)C)ccc2C)o1. The summed E-state index contributed by atoms with van der Waals surface area (Å²) < 4.78 is 11.4. The Hall–Kier alpha value is -2.66. The molecule has 0 spiro atoms. The van der Waals surface area contributed by atoms with Crippen LogP contribution in [-0.2, 0) is 17.7 Å². The lowest BCUT2D eigenvalue weighted by Crippen LogP contribution is -2.22. The number of thioether (sulfide) groups is 1. The Morgan fingerprint density at radius 3 is 2.61 bits per heavy atom. The molecular formula is C26H31NO3S. The highest BCUT2D eigenvalue weighted by Crippen LogP contribution is 2.31. The zero-order chi connectivity index (χ0) is 22.4. The molecule has 1 aromatic heterocycles. The van der Waals surface area contributed by atoms with Gasteiger partial charge in [0.25, 0.3) is 5.91 Å². The average molecular weight is 438 g/mol. The van der Waals surface area contributed by atoms with Crippen LogP contribution in [0.25, 0.3) is 0 Å². The van der Waals surface area contributed by atoms with E-state index in [1.54, 1.807) is 17.8 Å². The van der Waals surface area contributed by atoms with E-state index in [9.17, 15) is 4.79 Å². The van der Waals surface area contributed by atoms with E-state index in [0.717, 1.165) is 17.1 Å². The zero-order valence-corrected chi connectivity index (χ0v) is 19.8. The summed E-state index contributed by atoms with van der Waals surface area (Å²) >= 11 is 1.73. The summed E-state index contributed by atoms with van der Waals surface area (Å²) in [6.45, 7) is 11.7. The fraction of sp³-hybridized carbons (Fsp3) is 0.346. The second-order valence-corrected chi connectivity index (χ2v) is 9.53. The average Bonchev–Trinajstić information content (AvgIpc) is 3.21. The Morgan fingerprint density at radius 1 is 1.10 bits per heavy atom. The van der Waals surface area contributed by atoms with Crippen molar-refractivity contribution < 1.29 is 13.9 Å². The summed E-state index contributed by atoms with van der Waals surface area (Å²) in [7, 11) is 0.